The van der Waals surface area contributed by atoms with Gasteiger partial charge in [0, 0.05) is 22.2 Å². The van der Waals surface area contributed by atoms with Gasteiger partial charge in [0.25, 0.3) is 5.91 Å². The Balaban J connectivity index is 1.78. The van der Waals surface area contributed by atoms with Gasteiger partial charge < -0.3 is 5.32 Å². The lowest BCUT2D eigenvalue weighted by Gasteiger charge is -2.01. The molecule has 0 bridgehead atoms. The summed E-state index contributed by atoms with van der Waals surface area (Å²) in [7, 11) is 0. The summed E-state index contributed by atoms with van der Waals surface area (Å²) < 4.78 is 13.2. The molecule has 110 valence electrons. The van der Waals surface area contributed by atoms with Crippen LogP contribution in [0.2, 0.25) is 5.02 Å². The Morgan fingerprint density at radius 2 is 1.95 bits per heavy atom. The van der Waals surface area contributed by atoms with Crippen molar-refractivity contribution in [3.8, 4) is 11.3 Å². The minimum Gasteiger partial charge on any atom is -0.305 e. The monoisotopic (exact) mass is 315 g/mol. The molecule has 0 fully saturated rings. The molecule has 2 N–H and O–H groups in total. The maximum absolute atomic E-state index is 13.2. The zero-order valence-electron chi connectivity index (χ0n) is 11.3. The summed E-state index contributed by atoms with van der Waals surface area (Å²) >= 11 is 5.85. The van der Waals surface area contributed by atoms with Crippen molar-refractivity contribution in [2.24, 2.45) is 0 Å². The van der Waals surface area contributed by atoms with Gasteiger partial charge in [-0.1, -0.05) is 29.8 Å². The normalized spacial score (nSPS) is 10.5. The smallest absolute Gasteiger partial charge is 0.256 e. The van der Waals surface area contributed by atoms with Gasteiger partial charge in [0.15, 0.2) is 5.82 Å². The van der Waals surface area contributed by atoms with E-state index in [-0.39, 0.29) is 11.7 Å². The van der Waals surface area contributed by atoms with E-state index in [1.807, 2.05) is 0 Å². The van der Waals surface area contributed by atoms with Crippen LogP contribution in [0.5, 0.6) is 0 Å². The first-order valence-electron chi connectivity index (χ1n) is 6.50. The lowest BCUT2D eigenvalue weighted by molar-refractivity contribution is 0.102. The molecule has 0 aliphatic heterocycles. The molecular weight excluding hydrogens is 305 g/mol. The van der Waals surface area contributed by atoms with Gasteiger partial charge >= 0.3 is 0 Å². The Morgan fingerprint density at radius 1 is 1.14 bits per heavy atom. The van der Waals surface area contributed by atoms with Gasteiger partial charge in [-0.3, -0.25) is 9.89 Å². The van der Waals surface area contributed by atoms with Crippen molar-refractivity contribution in [2.45, 2.75) is 0 Å². The number of carbonyl (C=O) groups excluding carboxylic acids is 1. The Morgan fingerprint density at radius 3 is 2.73 bits per heavy atom. The molecule has 4 nitrogen and oxygen atoms in total. The van der Waals surface area contributed by atoms with E-state index in [1.165, 1.54) is 12.1 Å². The number of hydrogen-bond donors (Lipinski definition) is 2. The largest absolute Gasteiger partial charge is 0.305 e. The van der Waals surface area contributed by atoms with E-state index in [2.05, 4.69) is 15.5 Å². The first kappa shape index (κ1) is 14.3. The molecule has 0 spiro atoms. The number of H-pyrrole nitrogens is 1. The number of carbonyl (C=O) groups is 1. The second-order valence-corrected chi connectivity index (χ2v) is 5.08. The van der Waals surface area contributed by atoms with E-state index in [4.69, 9.17) is 11.6 Å². The quantitative estimate of drug-likeness (QED) is 0.763. The average molecular weight is 316 g/mol. The van der Waals surface area contributed by atoms with E-state index in [1.54, 1.807) is 42.5 Å². The van der Waals surface area contributed by atoms with E-state index in [9.17, 15) is 9.18 Å². The zero-order valence-corrected chi connectivity index (χ0v) is 12.1. The maximum atomic E-state index is 13.2. The van der Waals surface area contributed by atoms with Gasteiger partial charge in [-0.2, -0.15) is 5.10 Å². The Hall–Kier alpha value is -2.66. The predicted octanol–water partition coefficient (Wildman–Crippen LogP) is 4.12. The number of anilines is 1. The number of amides is 1. The Kier molecular flexibility index (Phi) is 3.89. The second kappa shape index (κ2) is 5.99. The summed E-state index contributed by atoms with van der Waals surface area (Å²) in [5, 5.41) is 9.90. The molecule has 22 heavy (non-hydrogen) atoms. The van der Waals surface area contributed by atoms with Crippen LogP contribution >= 0.6 is 11.6 Å². The van der Waals surface area contributed by atoms with Crippen molar-refractivity contribution in [1.82, 2.24) is 10.2 Å². The summed E-state index contributed by atoms with van der Waals surface area (Å²) in [5.74, 6) is -0.305. The Labute approximate surface area is 130 Å². The lowest BCUT2D eigenvalue weighted by atomic mass is 10.1. The fourth-order valence-electron chi connectivity index (χ4n) is 2.01. The number of nitrogens with zero attached hydrogens (tertiary/aromatic N) is 1. The van der Waals surface area contributed by atoms with E-state index in [0.29, 0.717) is 27.7 Å². The molecule has 0 unspecified atom stereocenters. The van der Waals surface area contributed by atoms with Crippen molar-refractivity contribution in [2.75, 3.05) is 5.32 Å². The molecule has 0 aliphatic carbocycles. The van der Waals surface area contributed by atoms with Crippen molar-refractivity contribution >= 4 is 23.3 Å². The van der Waals surface area contributed by atoms with Crippen LogP contribution in [0.15, 0.2) is 54.6 Å². The molecule has 1 heterocycles. The SMILES string of the molecule is O=C(Nc1cc(-c2cccc(F)c2)[nH]n1)c1cccc(Cl)c1. The van der Waals surface area contributed by atoms with E-state index >= 15 is 0 Å². The van der Waals surface area contributed by atoms with Crippen LogP contribution in [0.3, 0.4) is 0 Å². The molecule has 0 saturated heterocycles. The number of halogens is 2. The van der Waals surface area contributed by atoms with Gasteiger partial charge in [-0.05, 0) is 30.3 Å². The molecule has 3 rings (SSSR count). The van der Waals surface area contributed by atoms with E-state index < -0.39 is 0 Å². The Bertz CT molecular complexity index is 832. The fourth-order valence-corrected chi connectivity index (χ4v) is 2.20. The van der Waals surface area contributed by atoms with Crippen LogP contribution < -0.4 is 5.32 Å². The summed E-state index contributed by atoms with van der Waals surface area (Å²) in [6.07, 6.45) is 0. The molecule has 6 heteroatoms. The molecule has 3 aromatic rings. The third-order valence-electron chi connectivity index (χ3n) is 3.04. The molecule has 0 saturated carbocycles. The van der Waals surface area contributed by atoms with Gasteiger partial charge in [0.05, 0.1) is 5.69 Å². The van der Waals surface area contributed by atoms with E-state index in [0.717, 1.165) is 0 Å². The highest BCUT2D eigenvalue weighted by Gasteiger charge is 2.10. The number of aromatic nitrogens is 2. The van der Waals surface area contributed by atoms with Gasteiger partial charge in [-0.25, -0.2) is 4.39 Å². The predicted molar refractivity (Wildman–Crippen MR) is 83.4 cm³/mol. The van der Waals surface area contributed by atoms with Crippen molar-refractivity contribution < 1.29 is 9.18 Å². The van der Waals surface area contributed by atoms with Gasteiger partial charge in [0.1, 0.15) is 5.82 Å². The summed E-state index contributed by atoms with van der Waals surface area (Å²) in [5.41, 5.74) is 1.69. The van der Waals surface area contributed by atoms with Gasteiger partial charge in [0.2, 0.25) is 0 Å². The molecule has 0 aliphatic rings. The van der Waals surface area contributed by atoms with Crippen LogP contribution in [0, 0.1) is 5.82 Å². The minimum atomic E-state index is -0.336. The third kappa shape index (κ3) is 3.15. The number of rotatable bonds is 3. The molecule has 1 amide bonds. The molecule has 2 aromatic carbocycles. The maximum Gasteiger partial charge on any atom is 0.256 e. The number of nitrogens with one attached hydrogen (secondary N) is 2. The van der Waals surface area contributed by atoms with Crippen LogP contribution in [0.1, 0.15) is 10.4 Å². The first-order valence-corrected chi connectivity index (χ1v) is 6.88. The summed E-state index contributed by atoms with van der Waals surface area (Å²) in [6, 6.07) is 14.3. The van der Waals surface area contributed by atoms with Crippen LogP contribution in [0.4, 0.5) is 10.2 Å². The van der Waals surface area contributed by atoms with Gasteiger partial charge in [-0.15, -0.1) is 0 Å². The van der Waals surface area contributed by atoms with Crippen LogP contribution in [-0.4, -0.2) is 16.1 Å². The zero-order chi connectivity index (χ0) is 15.5. The highest BCUT2D eigenvalue weighted by atomic mass is 35.5. The average Bonchev–Trinajstić information content (AvgIpc) is 2.96. The fraction of sp³-hybridized carbons (Fsp3) is 0. The number of aromatic amines is 1. The molecular formula is C16H11ClFN3O. The molecule has 1 aromatic heterocycles. The second-order valence-electron chi connectivity index (χ2n) is 4.64. The lowest BCUT2D eigenvalue weighted by Crippen LogP contribution is -2.11. The molecule has 0 atom stereocenters. The number of benzene rings is 2. The topological polar surface area (TPSA) is 57.8 Å². The van der Waals surface area contributed by atoms with Crippen molar-refractivity contribution in [3.05, 3.63) is 71.0 Å². The number of hydrogen-bond acceptors (Lipinski definition) is 2. The highest BCUT2D eigenvalue weighted by Crippen LogP contribution is 2.21. The van der Waals surface area contributed by atoms with Crippen LogP contribution in [-0.2, 0) is 0 Å². The van der Waals surface area contributed by atoms with Crippen molar-refractivity contribution in [1.29, 1.82) is 0 Å². The van der Waals surface area contributed by atoms with Crippen molar-refractivity contribution in [3.63, 3.8) is 0 Å². The summed E-state index contributed by atoms with van der Waals surface area (Å²) in [6.45, 7) is 0. The standard InChI is InChI=1S/C16H11ClFN3O/c17-12-5-1-4-11(7-12)16(22)19-15-9-14(20-21-15)10-3-2-6-13(18)8-10/h1-9H,(H2,19,20,21,22). The first-order chi connectivity index (χ1) is 10.6. The molecule has 0 radical (unpaired) electrons. The van der Waals surface area contributed by atoms with Crippen LogP contribution in [0.25, 0.3) is 11.3 Å². The minimum absolute atomic E-state index is 0.320. The third-order valence-corrected chi connectivity index (χ3v) is 3.28. The highest BCUT2D eigenvalue weighted by molar-refractivity contribution is 6.31. The summed E-state index contributed by atoms with van der Waals surface area (Å²) in [4.78, 5) is 12.1.